The Morgan fingerprint density at radius 3 is 2.28 bits per heavy atom. The van der Waals surface area contributed by atoms with E-state index in [0.29, 0.717) is 5.41 Å². The van der Waals surface area contributed by atoms with Gasteiger partial charge in [-0.3, -0.25) is 0 Å². The number of nitrogens with zero attached hydrogens (tertiary/aromatic N) is 1. The molecule has 2 heteroatoms. The van der Waals surface area contributed by atoms with Crippen LogP contribution in [0, 0.1) is 5.41 Å². The van der Waals surface area contributed by atoms with Gasteiger partial charge >= 0.3 is 0 Å². The fraction of sp³-hybridized carbons (Fsp3) is 1.00. The van der Waals surface area contributed by atoms with E-state index in [1.807, 2.05) is 0 Å². The molecule has 0 atom stereocenters. The third-order valence-electron chi connectivity index (χ3n) is 4.74. The van der Waals surface area contributed by atoms with Gasteiger partial charge in [0.1, 0.15) is 0 Å². The van der Waals surface area contributed by atoms with Gasteiger partial charge in [-0.2, -0.15) is 0 Å². The lowest BCUT2D eigenvalue weighted by atomic mass is 9.78. The zero-order valence-electron chi connectivity index (χ0n) is 12.9. The van der Waals surface area contributed by atoms with Gasteiger partial charge in [0.2, 0.25) is 0 Å². The number of hydrogen-bond acceptors (Lipinski definition) is 2. The molecule has 1 rings (SSSR count). The molecule has 0 aromatic rings. The van der Waals surface area contributed by atoms with Gasteiger partial charge in [-0.25, -0.2) is 0 Å². The molecule has 0 aromatic carbocycles. The van der Waals surface area contributed by atoms with Gasteiger partial charge in [-0.15, -0.1) is 0 Å². The van der Waals surface area contributed by atoms with E-state index in [0.717, 1.165) is 6.54 Å². The second-order valence-corrected chi connectivity index (χ2v) is 6.27. The van der Waals surface area contributed by atoms with E-state index in [1.165, 1.54) is 71.1 Å². The van der Waals surface area contributed by atoms with Crippen molar-refractivity contribution in [2.45, 2.75) is 65.7 Å². The van der Waals surface area contributed by atoms with Crippen LogP contribution in [0.15, 0.2) is 0 Å². The van der Waals surface area contributed by atoms with Crippen LogP contribution in [-0.4, -0.2) is 37.6 Å². The number of unbranched alkanes of at least 4 members (excludes halogenated alkanes) is 3. The number of likely N-dealkylation sites (tertiary alicyclic amines) is 1. The Labute approximate surface area is 115 Å². The van der Waals surface area contributed by atoms with Crippen molar-refractivity contribution in [3.05, 3.63) is 0 Å². The van der Waals surface area contributed by atoms with Crippen molar-refractivity contribution in [3.63, 3.8) is 0 Å². The summed E-state index contributed by atoms with van der Waals surface area (Å²) in [5, 5.41) is 3.39. The molecule has 1 fully saturated rings. The smallest absolute Gasteiger partial charge is 0.00135 e. The molecule has 0 unspecified atom stereocenters. The molecule has 0 amide bonds. The predicted octanol–water partition coefficient (Wildman–Crippen LogP) is 3.67. The lowest BCUT2D eigenvalue weighted by molar-refractivity contribution is 0.113. The van der Waals surface area contributed by atoms with Gasteiger partial charge < -0.3 is 10.2 Å². The van der Waals surface area contributed by atoms with Gasteiger partial charge in [0.15, 0.2) is 0 Å². The largest absolute Gasteiger partial charge is 0.317 e. The van der Waals surface area contributed by atoms with Crippen LogP contribution in [0.1, 0.15) is 65.7 Å². The monoisotopic (exact) mass is 254 g/mol. The third kappa shape index (κ3) is 6.19. The van der Waals surface area contributed by atoms with Crippen LogP contribution in [0.2, 0.25) is 0 Å². The minimum Gasteiger partial charge on any atom is -0.317 e. The van der Waals surface area contributed by atoms with Crippen molar-refractivity contribution in [3.8, 4) is 0 Å². The predicted molar refractivity (Wildman–Crippen MR) is 81.1 cm³/mol. The summed E-state index contributed by atoms with van der Waals surface area (Å²) < 4.78 is 0. The molecule has 1 aliphatic heterocycles. The Morgan fingerprint density at radius 1 is 1.00 bits per heavy atom. The molecule has 0 radical (unpaired) electrons. The molecule has 0 spiro atoms. The molecule has 1 heterocycles. The molecule has 1 N–H and O–H groups in total. The minimum atomic E-state index is 0.641. The van der Waals surface area contributed by atoms with Crippen LogP contribution in [-0.2, 0) is 0 Å². The zero-order chi connectivity index (χ0) is 13.3. The maximum Gasteiger partial charge on any atom is -0.00135 e. The number of hydrogen-bond donors (Lipinski definition) is 1. The number of rotatable bonds is 9. The molecular weight excluding hydrogens is 220 g/mol. The van der Waals surface area contributed by atoms with E-state index in [1.54, 1.807) is 0 Å². The highest BCUT2D eigenvalue weighted by atomic mass is 15.1. The van der Waals surface area contributed by atoms with Crippen molar-refractivity contribution in [2.75, 3.05) is 32.7 Å². The molecule has 18 heavy (non-hydrogen) atoms. The summed E-state index contributed by atoms with van der Waals surface area (Å²) in [7, 11) is 0. The van der Waals surface area contributed by atoms with Crippen molar-refractivity contribution < 1.29 is 0 Å². The highest BCUT2D eigenvalue weighted by molar-refractivity contribution is 4.81. The Kier molecular flexibility index (Phi) is 7.92. The van der Waals surface area contributed by atoms with E-state index in [2.05, 4.69) is 31.0 Å². The van der Waals surface area contributed by atoms with Crippen LogP contribution in [0.25, 0.3) is 0 Å². The summed E-state index contributed by atoms with van der Waals surface area (Å²) in [5.41, 5.74) is 0.641. The number of nitrogens with one attached hydrogen (secondary N) is 1. The van der Waals surface area contributed by atoms with Crippen molar-refractivity contribution in [2.24, 2.45) is 5.41 Å². The summed E-state index contributed by atoms with van der Waals surface area (Å²) >= 11 is 0. The third-order valence-corrected chi connectivity index (χ3v) is 4.74. The standard InChI is InChI=1S/C16H34N2/c1-4-16(3)10-14-18(15-11-16)13-9-7-6-8-12-17-5-2/h17H,4-15H2,1-3H3. The molecule has 0 aliphatic carbocycles. The maximum absolute atomic E-state index is 3.39. The van der Waals surface area contributed by atoms with E-state index < -0.39 is 0 Å². The Morgan fingerprint density at radius 2 is 1.67 bits per heavy atom. The average Bonchev–Trinajstić information content (AvgIpc) is 2.40. The molecule has 0 aromatic heterocycles. The topological polar surface area (TPSA) is 15.3 Å². The summed E-state index contributed by atoms with van der Waals surface area (Å²) in [5.74, 6) is 0. The summed E-state index contributed by atoms with van der Waals surface area (Å²) in [4.78, 5) is 2.68. The van der Waals surface area contributed by atoms with Gasteiger partial charge in [-0.05, 0) is 63.8 Å². The van der Waals surface area contributed by atoms with Gasteiger partial charge in [0.25, 0.3) is 0 Å². The summed E-state index contributed by atoms with van der Waals surface area (Å²) in [6.45, 7) is 13.3. The van der Waals surface area contributed by atoms with Crippen molar-refractivity contribution >= 4 is 0 Å². The van der Waals surface area contributed by atoms with Crippen LogP contribution in [0.3, 0.4) is 0 Å². The quantitative estimate of drug-likeness (QED) is 0.632. The summed E-state index contributed by atoms with van der Waals surface area (Å²) in [6.07, 6.45) is 9.72. The van der Waals surface area contributed by atoms with Crippen molar-refractivity contribution in [1.82, 2.24) is 10.2 Å². The SMILES string of the molecule is CCNCCCCCCN1CCC(C)(CC)CC1. The molecule has 1 saturated heterocycles. The molecule has 108 valence electrons. The van der Waals surface area contributed by atoms with E-state index in [-0.39, 0.29) is 0 Å². The second kappa shape index (κ2) is 8.92. The fourth-order valence-corrected chi connectivity index (χ4v) is 2.79. The molecule has 1 aliphatic rings. The zero-order valence-corrected chi connectivity index (χ0v) is 12.9. The van der Waals surface area contributed by atoms with Crippen LogP contribution < -0.4 is 5.32 Å². The molecule has 0 bridgehead atoms. The maximum atomic E-state index is 3.39. The molecule has 0 saturated carbocycles. The summed E-state index contributed by atoms with van der Waals surface area (Å²) in [6, 6.07) is 0. The first-order valence-corrected chi connectivity index (χ1v) is 8.13. The van der Waals surface area contributed by atoms with Crippen molar-refractivity contribution in [1.29, 1.82) is 0 Å². The van der Waals surface area contributed by atoms with Crippen LogP contribution in [0.5, 0.6) is 0 Å². The van der Waals surface area contributed by atoms with Gasteiger partial charge in [0, 0.05) is 0 Å². The number of piperidine rings is 1. The van der Waals surface area contributed by atoms with Gasteiger partial charge in [-0.1, -0.05) is 40.0 Å². The normalized spacial score (nSPS) is 20.2. The van der Waals surface area contributed by atoms with E-state index in [4.69, 9.17) is 0 Å². The van der Waals surface area contributed by atoms with Crippen LogP contribution in [0.4, 0.5) is 0 Å². The lowest BCUT2D eigenvalue weighted by Gasteiger charge is -2.39. The molecular formula is C16H34N2. The highest BCUT2D eigenvalue weighted by Crippen LogP contribution is 2.33. The first-order chi connectivity index (χ1) is 8.70. The second-order valence-electron chi connectivity index (χ2n) is 6.27. The fourth-order valence-electron chi connectivity index (χ4n) is 2.79. The first kappa shape index (κ1) is 16.0. The molecule has 2 nitrogen and oxygen atoms in total. The Balaban J connectivity index is 1.95. The van der Waals surface area contributed by atoms with Gasteiger partial charge in [0.05, 0.1) is 0 Å². The first-order valence-electron chi connectivity index (χ1n) is 8.13. The Bertz CT molecular complexity index is 195. The lowest BCUT2D eigenvalue weighted by Crippen LogP contribution is -2.38. The highest BCUT2D eigenvalue weighted by Gasteiger charge is 2.27. The van der Waals surface area contributed by atoms with E-state index >= 15 is 0 Å². The van der Waals surface area contributed by atoms with Crippen LogP contribution >= 0.6 is 0 Å². The minimum absolute atomic E-state index is 0.641. The van der Waals surface area contributed by atoms with E-state index in [9.17, 15) is 0 Å². The average molecular weight is 254 g/mol. The Hall–Kier alpha value is -0.0800.